The van der Waals surface area contributed by atoms with Gasteiger partial charge in [-0.25, -0.2) is 0 Å². The molecule has 1 atom stereocenters. The SMILES string of the molecule is C#CCC(NC)c1ccc(SCC)cc1. The molecule has 1 aromatic rings. The van der Waals surface area contributed by atoms with Gasteiger partial charge in [-0.1, -0.05) is 19.1 Å². The van der Waals surface area contributed by atoms with Crippen LogP contribution in [0, 0.1) is 12.3 Å². The lowest BCUT2D eigenvalue weighted by atomic mass is 10.0. The fourth-order valence-corrected chi connectivity index (χ4v) is 2.13. The molecule has 0 aromatic heterocycles. The maximum absolute atomic E-state index is 5.33. The number of hydrogen-bond acceptors (Lipinski definition) is 2. The summed E-state index contributed by atoms with van der Waals surface area (Å²) >= 11 is 1.86. The van der Waals surface area contributed by atoms with Crippen LogP contribution in [-0.4, -0.2) is 12.8 Å². The lowest BCUT2D eigenvalue weighted by molar-refractivity contribution is 0.611. The molecule has 1 unspecified atom stereocenters. The molecule has 0 aliphatic rings. The molecule has 0 aliphatic carbocycles. The van der Waals surface area contributed by atoms with Gasteiger partial charge in [0.05, 0.1) is 0 Å². The van der Waals surface area contributed by atoms with Crippen LogP contribution in [0.3, 0.4) is 0 Å². The van der Waals surface area contributed by atoms with Crippen LogP contribution < -0.4 is 5.32 Å². The van der Waals surface area contributed by atoms with E-state index < -0.39 is 0 Å². The molecule has 0 spiro atoms. The van der Waals surface area contributed by atoms with E-state index in [2.05, 4.69) is 42.4 Å². The second-order valence-electron chi connectivity index (χ2n) is 3.25. The van der Waals surface area contributed by atoms with E-state index in [-0.39, 0.29) is 6.04 Å². The van der Waals surface area contributed by atoms with Gasteiger partial charge in [-0.05, 0) is 30.5 Å². The molecule has 0 bridgehead atoms. The Kier molecular flexibility index (Phi) is 5.31. The quantitative estimate of drug-likeness (QED) is 0.603. The summed E-state index contributed by atoms with van der Waals surface area (Å²) in [5.41, 5.74) is 1.26. The van der Waals surface area contributed by atoms with Gasteiger partial charge < -0.3 is 5.32 Å². The van der Waals surface area contributed by atoms with E-state index in [0.717, 1.165) is 12.2 Å². The molecule has 0 fully saturated rings. The molecule has 1 aromatic carbocycles. The highest BCUT2D eigenvalue weighted by atomic mass is 32.2. The van der Waals surface area contributed by atoms with Crippen LogP contribution in [0.1, 0.15) is 24.9 Å². The van der Waals surface area contributed by atoms with Crippen LogP contribution in [0.25, 0.3) is 0 Å². The van der Waals surface area contributed by atoms with Crippen molar-refractivity contribution >= 4 is 11.8 Å². The summed E-state index contributed by atoms with van der Waals surface area (Å²) in [6.45, 7) is 2.16. The van der Waals surface area contributed by atoms with Gasteiger partial charge in [0.15, 0.2) is 0 Å². The minimum Gasteiger partial charge on any atom is -0.312 e. The van der Waals surface area contributed by atoms with Crippen LogP contribution in [0.4, 0.5) is 0 Å². The molecule has 0 amide bonds. The maximum atomic E-state index is 5.33. The van der Waals surface area contributed by atoms with Crippen molar-refractivity contribution in [2.45, 2.75) is 24.3 Å². The lowest BCUT2D eigenvalue weighted by Gasteiger charge is -2.13. The second-order valence-corrected chi connectivity index (χ2v) is 4.59. The summed E-state index contributed by atoms with van der Waals surface area (Å²) < 4.78 is 0. The van der Waals surface area contributed by atoms with Crippen LogP contribution in [0.15, 0.2) is 29.2 Å². The molecule has 80 valence electrons. The number of thioether (sulfide) groups is 1. The van der Waals surface area contributed by atoms with Crippen molar-refractivity contribution in [3.63, 3.8) is 0 Å². The molecule has 0 heterocycles. The molecular weight excluding hydrogens is 202 g/mol. The highest BCUT2D eigenvalue weighted by Crippen LogP contribution is 2.21. The van der Waals surface area contributed by atoms with E-state index in [0.29, 0.717) is 0 Å². The number of rotatable bonds is 5. The minimum absolute atomic E-state index is 0.274. The Hall–Kier alpha value is -0.910. The summed E-state index contributed by atoms with van der Waals surface area (Å²) in [5.74, 6) is 3.80. The zero-order valence-corrected chi connectivity index (χ0v) is 10.1. The first-order valence-electron chi connectivity index (χ1n) is 5.15. The molecular formula is C13H17NS. The fourth-order valence-electron chi connectivity index (χ4n) is 1.47. The van der Waals surface area contributed by atoms with Crippen molar-refractivity contribution in [3.05, 3.63) is 29.8 Å². The summed E-state index contributed by atoms with van der Waals surface area (Å²) in [6, 6.07) is 8.89. The molecule has 15 heavy (non-hydrogen) atoms. The molecule has 1 N–H and O–H groups in total. The van der Waals surface area contributed by atoms with E-state index in [1.54, 1.807) is 0 Å². The fraction of sp³-hybridized carbons (Fsp3) is 0.385. The maximum Gasteiger partial charge on any atom is 0.0428 e. The van der Waals surface area contributed by atoms with Gasteiger partial charge in [-0.15, -0.1) is 24.1 Å². The average Bonchev–Trinajstić information content (AvgIpc) is 2.28. The summed E-state index contributed by atoms with van der Waals surface area (Å²) in [6.07, 6.45) is 6.06. The molecule has 1 rings (SSSR count). The molecule has 2 heteroatoms. The van der Waals surface area contributed by atoms with Gasteiger partial charge in [0.1, 0.15) is 0 Å². The van der Waals surface area contributed by atoms with E-state index in [1.807, 2.05) is 18.8 Å². The summed E-state index contributed by atoms with van der Waals surface area (Å²) in [4.78, 5) is 1.32. The Morgan fingerprint density at radius 2 is 2.07 bits per heavy atom. The largest absolute Gasteiger partial charge is 0.312 e. The van der Waals surface area contributed by atoms with Crippen molar-refractivity contribution in [1.29, 1.82) is 0 Å². The Bertz CT molecular complexity index is 323. The molecule has 0 radical (unpaired) electrons. The Labute approximate surface area is 96.7 Å². The third kappa shape index (κ3) is 3.62. The van der Waals surface area contributed by atoms with Gasteiger partial charge in [0.2, 0.25) is 0 Å². The van der Waals surface area contributed by atoms with Crippen LogP contribution in [0.5, 0.6) is 0 Å². The topological polar surface area (TPSA) is 12.0 Å². The van der Waals surface area contributed by atoms with Crippen LogP contribution >= 0.6 is 11.8 Å². The molecule has 0 aliphatic heterocycles. The highest BCUT2D eigenvalue weighted by molar-refractivity contribution is 7.99. The summed E-state index contributed by atoms with van der Waals surface area (Å²) in [5, 5.41) is 3.22. The van der Waals surface area contributed by atoms with Crippen molar-refractivity contribution in [2.24, 2.45) is 0 Å². The smallest absolute Gasteiger partial charge is 0.0428 e. The average molecular weight is 219 g/mol. The van der Waals surface area contributed by atoms with Gasteiger partial charge in [-0.3, -0.25) is 0 Å². The van der Waals surface area contributed by atoms with Crippen molar-refractivity contribution in [1.82, 2.24) is 5.32 Å². The van der Waals surface area contributed by atoms with Gasteiger partial charge in [0, 0.05) is 17.4 Å². The molecule has 1 nitrogen and oxygen atoms in total. The number of nitrogens with one attached hydrogen (secondary N) is 1. The van der Waals surface area contributed by atoms with E-state index in [1.165, 1.54) is 10.5 Å². The lowest BCUT2D eigenvalue weighted by Crippen LogP contribution is -2.15. The first-order chi connectivity index (χ1) is 7.31. The third-order valence-corrected chi connectivity index (χ3v) is 3.16. The van der Waals surface area contributed by atoms with Crippen molar-refractivity contribution in [2.75, 3.05) is 12.8 Å². The van der Waals surface area contributed by atoms with Gasteiger partial charge in [0.25, 0.3) is 0 Å². The Morgan fingerprint density at radius 1 is 1.40 bits per heavy atom. The predicted molar refractivity (Wildman–Crippen MR) is 68.1 cm³/mol. The first-order valence-corrected chi connectivity index (χ1v) is 6.13. The van der Waals surface area contributed by atoms with Gasteiger partial charge >= 0.3 is 0 Å². The van der Waals surface area contributed by atoms with E-state index >= 15 is 0 Å². The number of hydrogen-bond donors (Lipinski definition) is 1. The minimum atomic E-state index is 0.274. The van der Waals surface area contributed by atoms with Crippen molar-refractivity contribution in [3.8, 4) is 12.3 Å². The number of benzene rings is 1. The summed E-state index contributed by atoms with van der Waals surface area (Å²) in [7, 11) is 1.94. The highest BCUT2D eigenvalue weighted by Gasteiger charge is 2.06. The molecule has 0 saturated carbocycles. The van der Waals surface area contributed by atoms with Crippen LogP contribution in [0.2, 0.25) is 0 Å². The molecule has 0 saturated heterocycles. The zero-order chi connectivity index (χ0) is 11.1. The standard InChI is InChI=1S/C13H17NS/c1-4-6-13(14-3)11-7-9-12(10-8-11)15-5-2/h1,7-10,13-14H,5-6H2,2-3H3. The normalized spacial score (nSPS) is 12.1. The first kappa shape index (κ1) is 12.2. The van der Waals surface area contributed by atoms with E-state index in [4.69, 9.17) is 6.42 Å². The van der Waals surface area contributed by atoms with E-state index in [9.17, 15) is 0 Å². The number of terminal acetylenes is 1. The Balaban J connectivity index is 2.73. The Morgan fingerprint density at radius 3 is 2.53 bits per heavy atom. The van der Waals surface area contributed by atoms with Crippen molar-refractivity contribution < 1.29 is 0 Å². The van der Waals surface area contributed by atoms with Gasteiger partial charge in [-0.2, -0.15) is 0 Å². The monoisotopic (exact) mass is 219 g/mol. The predicted octanol–water partition coefficient (Wildman–Crippen LogP) is 3.08. The zero-order valence-electron chi connectivity index (χ0n) is 9.29. The van der Waals surface area contributed by atoms with Crippen LogP contribution in [-0.2, 0) is 0 Å². The second kappa shape index (κ2) is 6.55. The third-order valence-electron chi connectivity index (χ3n) is 2.26.